The summed E-state index contributed by atoms with van der Waals surface area (Å²) in [6.07, 6.45) is 45.5. The van der Waals surface area contributed by atoms with Gasteiger partial charge in [-0.3, -0.25) is 21.3 Å². The van der Waals surface area contributed by atoms with Crippen molar-refractivity contribution in [3.05, 3.63) is 67.7 Å². The maximum atomic E-state index is 13.7. The van der Waals surface area contributed by atoms with Gasteiger partial charge in [0.1, 0.15) is 0 Å². The van der Waals surface area contributed by atoms with Gasteiger partial charge in [-0.2, -0.15) is 63.7 Å². The van der Waals surface area contributed by atoms with E-state index in [1.165, 1.54) is 207 Å². The van der Waals surface area contributed by atoms with E-state index in [0.717, 1.165) is 81.6 Å². The standard InChI is InChI=1S/C16H27N.3C15H26N2.2C10H15F2N3.2C3H8/c1-4-13-7-6-8-15-14(10-9-13)12(3)11-17-16(15)5-2;1-4-12-7-6-8-14-13(10-9-12)11(3)16-17-15(14)5-2;2*1-4-12-7-6-8-13-11(3)16-17-15(5-2)14(13)10-9-12;2*1-2-7-3-4-8-9(14-15-13-8)10(11,12)6-5-7;2*1-3-2/h13,15H,4-11H2,1-3H3;12,14,16H,4-10H2,1-3H3;2*12-13,17H,4-10H2,1-3H3;2*7H,2-6H2,1H3,(H,13,14,15);2*3H2,1-2H3. The molecule has 5 N–H and O–H groups in total. The molecule has 12 rings (SSSR count). The van der Waals surface area contributed by atoms with Gasteiger partial charge in [0.05, 0.1) is 17.9 Å². The number of nitrogens with one attached hydrogen (secondary N) is 5. The summed E-state index contributed by atoms with van der Waals surface area (Å²) in [7, 11) is 0. The molecule has 2 aromatic rings. The van der Waals surface area contributed by atoms with E-state index in [-0.39, 0.29) is 24.2 Å². The summed E-state index contributed by atoms with van der Waals surface area (Å²) >= 11 is 0. The quantitative estimate of drug-likeness (QED) is 0.117. The van der Waals surface area contributed by atoms with Gasteiger partial charge in [0.15, 0.2) is 11.4 Å². The van der Waals surface area contributed by atoms with E-state index in [0.29, 0.717) is 72.6 Å². The molecule has 0 saturated heterocycles. The van der Waals surface area contributed by atoms with Gasteiger partial charge in [-0.1, -0.05) is 211 Å². The molecule has 17 heteroatoms. The third-order valence-electron chi connectivity index (χ3n) is 24.8. The van der Waals surface area contributed by atoms with Crippen molar-refractivity contribution < 1.29 is 17.6 Å². The van der Waals surface area contributed by atoms with Crippen LogP contribution in [-0.4, -0.2) is 60.2 Å². The molecule has 10 aliphatic rings. The number of hydrogen-bond acceptors (Lipinski definition) is 11. The highest BCUT2D eigenvalue weighted by Crippen LogP contribution is 2.43. The Bertz CT molecular complexity index is 2850. The number of dihydropyridines is 1. The molecular weight excluding hydrogens is 1300 g/mol. The van der Waals surface area contributed by atoms with Crippen LogP contribution in [0.1, 0.15) is 391 Å². The Morgan fingerprint density at radius 2 is 0.683 bits per heavy atom. The van der Waals surface area contributed by atoms with Crippen LogP contribution in [0.4, 0.5) is 17.6 Å². The summed E-state index contributed by atoms with van der Waals surface area (Å²) in [4.78, 5) is 4.78. The van der Waals surface area contributed by atoms with E-state index in [9.17, 15) is 17.6 Å². The lowest BCUT2D eigenvalue weighted by Gasteiger charge is -2.31. The second kappa shape index (κ2) is 47.8. The number of halogens is 4. The first-order valence-electron chi connectivity index (χ1n) is 43.0. The minimum absolute atomic E-state index is 0.106. The van der Waals surface area contributed by atoms with Crippen molar-refractivity contribution in [1.29, 1.82) is 0 Å². The van der Waals surface area contributed by atoms with Crippen molar-refractivity contribution in [3.8, 4) is 0 Å². The van der Waals surface area contributed by atoms with Gasteiger partial charge < -0.3 is 0 Å². The number of allylic oxidation sites excluding steroid dienone is 7. The smallest absolute Gasteiger partial charge is 0.289 e. The van der Waals surface area contributed by atoms with E-state index in [2.05, 4.69) is 173 Å². The predicted octanol–water partition coefficient (Wildman–Crippen LogP) is 25.6. The van der Waals surface area contributed by atoms with Crippen LogP contribution in [0, 0.1) is 59.2 Å². The third kappa shape index (κ3) is 27.3. The maximum Gasteiger partial charge on any atom is 0.293 e. The lowest BCUT2D eigenvalue weighted by molar-refractivity contribution is -0.0274. The monoisotopic (exact) mass is 1450 g/mol. The Kier molecular flexibility index (Phi) is 41.2. The van der Waals surface area contributed by atoms with E-state index < -0.39 is 11.8 Å². The summed E-state index contributed by atoms with van der Waals surface area (Å²) in [5.74, 6) is 1.62. The number of aromatic nitrogens is 6. The minimum Gasteiger partial charge on any atom is -0.289 e. The SMILES string of the molecule is CCC.CCC.CCC1=C2CCC(CC)CCCC2C(C)=NN1.CCC1=C2CCC(CC)CCCC2C(C)=NN1.CCC1=NCC(C)=C2CCC(CC)CCCC12.CCC1=NNC(C)=C2CCC(CC)CCCC12.CCC1CCc2n[nH]nc2C(F)(F)CC1.CCC1CCc2n[nH]nc2C(F)(F)CC1. The number of fused-ring (bicyclic) bond motifs is 6. The Morgan fingerprint density at radius 3 is 1.05 bits per heavy atom. The van der Waals surface area contributed by atoms with Crippen molar-refractivity contribution in [2.75, 3.05) is 6.54 Å². The molecule has 10 atom stereocenters. The minimum atomic E-state index is -2.81. The lowest BCUT2D eigenvalue weighted by Crippen LogP contribution is -2.28. The fourth-order valence-electron chi connectivity index (χ4n) is 17.7. The number of H-pyrrole nitrogens is 2. The van der Waals surface area contributed by atoms with Crippen LogP contribution in [0.3, 0.4) is 0 Å². The highest BCUT2D eigenvalue weighted by Gasteiger charge is 2.41. The van der Waals surface area contributed by atoms with E-state index in [4.69, 9.17) is 4.99 Å². The van der Waals surface area contributed by atoms with Gasteiger partial charge in [0.2, 0.25) is 0 Å². The molecule has 0 aromatic carbocycles. The van der Waals surface area contributed by atoms with Crippen molar-refractivity contribution in [3.63, 3.8) is 0 Å². The van der Waals surface area contributed by atoms with Crippen molar-refractivity contribution >= 4 is 22.8 Å². The van der Waals surface area contributed by atoms with Crippen LogP contribution in [-0.2, 0) is 24.7 Å². The van der Waals surface area contributed by atoms with Crippen molar-refractivity contribution in [1.82, 2.24) is 47.1 Å². The second-order valence-electron chi connectivity index (χ2n) is 32.1. The summed E-state index contributed by atoms with van der Waals surface area (Å²) in [6.45, 7) is 40.8. The van der Waals surface area contributed by atoms with Crippen LogP contribution < -0.4 is 16.3 Å². The molecule has 0 bridgehead atoms. The summed E-state index contributed by atoms with van der Waals surface area (Å²) in [6, 6.07) is 0. The molecule has 0 amide bonds. The predicted molar refractivity (Wildman–Crippen MR) is 433 cm³/mol. The van der Waals surface area contributed by atoms with Gasteiger partial charge in [0.25, 0.3) is 11.8 Å². The molecule has 6 aliphatic carbocycles. The number of aromatic amines is 2. The normalized spacial score (nSPS) is 27.3. The molecule has 4 fully saturated rings. The highest BCUT2D eigenvalue weighted by atomic mass is 19.3. The topological polar surface area (TPSA) is 169 Å². The molecule has 2 aromatic heterocycles. The summed E-state index contributed by atoms with van der Waals surface area (Å²) < 4.78 is 54.6. The molecule has 0 radical (unpaired) electrons. The molecule has 4 aliphatic heterocycles. The van der Waals surface area contributed by atoms with Crippen LogP contribution >= 0.6 is 0 Å². The van der Waals surface area contributed by atoms with Gasteiger partial charge >= 0.3 is 0 Å². The number of rotatable bonds is 10. The molecule has 104 heavy (non-hydrogen) atoms. The Morgan fingerprint density at radius 1 is 0.346 bits per heavy atom. The molecule has 4 saturated carbocycles. The fourth-order valence-corrected chi connectivity index (χ4v) is 17.7. The number of aryl methyl sites for hydroxylation is 2. The molecule has 0 spiro atoms. The first-order chi connectivity index (χ1) is 50.1. The molecule has 10 unspecified atom stereocenters. The van der Waals surface area contributed by atoms with Gasteiger partial charge in [-0.15, -0.1) is 0 Å². The molecular formula is C87H151F4N13. The number of hydrogen-bond donors (Lipinski definition) is 5. The molecule has 6 heterocycles. The van der Waals surface area contributed by atoms with Gasteiger partial charge in [-0.25, -0.2) is 0 Å². The Balaban J connectivity index is 0.000000221. The molecule has 13 nitrogen and oxygen atoms in total. The van der Waals surface area contributed by atoms with Gasteiger partial charge in [-0.05, 0) is 221 Å². The van der Waals surface area contributed by atoms with E-state index >= 15 is 0 Å². The summed E-state index contributed by atoms with van der Waals surface area (Å²) in [5, 5.41) is 32.9. The van der Waals surface area contributed by atoms with Crippen LogP contribution in [0.5, 0.6) is 0 Å². The Hall–Kier alpha value is -4.96. The number of aliphatic imine (C=N–C) groups is 1. The highest BCUT2D eigenvalue weighted by molar-refractivity contribution is 5.91. The zero-order valence-corrected chi connectivity index (χ0v) is 69.4. The molecule has 592 valence electrons. The largest absolute Gasteiger partial charge is 0.293 e. The number of hydrazone groups is 3. The Labute approximate surface area is 631 Å². The third-order valence-corrected chi connectivity index (χ3v) is 24.8. The number of alkyl halides is 4. The lowest BCUT2D eigenvalue weighted by atomic mass is 9.76. The summed E-state index contributed by atoms with van der Waals surface area (Å²) in [5.41, 5.74) is 28.3. The number of nitrogens with zero attached hydrogens (tertiary/aromatic N) is 8. The van der Waals surface area contributed by atoms with E-state index in [1.54, 1.807) is 27.9 Å². The zero-order valence-electron chi connectivity index (χ0n) is 69.4. The second-order valence-corrected chi connectivity index (χ2v) is 32.1. The fraction of sp³-hybridized carbons (Fsp3) is 0.816. The average Bonchev–Trinajstić information content (AvgIpc) is 1.37. The van der Waals surface area contributed by atoms with Crippen molar-refractivity contribution in [2.45, 2.75) is 393 Å². The zero-order chi connectivity index (χ0) is 76.2. The van der Waals surface area contributed by atoms with Crippen LogP contribution in [0.15, 0.2) is 65.3 Å². The first-order valence-corrected chi connectivity index (χ1v) is 43.0. The maximum absolute atomic E-state index is 13.7. The van der Waals surface area contributed by atoms with Crippen molar-refractivity contribution in [2.24, 2.45) is 79.5 Å². The van der Waals surface area contributed by atoms with Crippen LogP contribution in [0.2, 0.25) is 0 Å². The average molecular weight is 1460 g/mol. The van der Waals surface area contributed by atoms with E-state index in [1.807, 2.05) is 13.8 Å². The first kappa shape index (κ1) is 89.7. The van der Waals surface area contributed by atoms with Gasteiger partial charge in [0, 0.05) is 76.5 Å². The van der Waals surface area contributed by atoms with Crippen LogP contribution in [0.25, 0.3) is 0 Å².